The van der Waals surface area contributed by atoms with E-state index in [1.54, 1.807) is 24.3 Å². The number of rotatable bonds is 6. The molecule has 0 unspecified atom stereocenters. The topological polar surface area (TPSA) is 69.7 Å². The van der Waals surface area contributed by atoms with Crippen molar-refractivity contribution in [3.05, 3.63) is 54.1 Å². The molecule has 104 valence electrons. The van der Waals surface area contributed by atoms with E-state index >= 15 is 0 Å². The van der Waals surface area contributed by atoms with Crippen LogP contribution in [0, 0.1) is 0 Å². The maximum absolute atomic E-state index is 11.4. The van der Waals surface area contributed by atoms with Gasteiger partial charge < -0.3 is 9.47 Å². The Morgan fingerprint density at radius 2 is 1.85 bits per heavy atom. The van der Waals surface area contributed by atoms with Gasteiger partial charge in [0.1, 0.15) is 6.61 Å². The van der Waals surface area contributed by atoms with Gasteiger partial charge in [0.05, 0.1) is 12.7 Å². The molecule has 0 aliphatic carbocycles. The van der Waals surface area contributed by atoms with Gasteiger partial charge in [-0.05, 0) is 23.8 Å². The molecule has 0 aliphatic heterocycles. The van der Waals surface area contributed by atoms with E-state index in [0.29, 0.717) is 11.1 Å². The zero-order valence-electron chi connectivity index (χ0n) is 11.0. The van der Waals surface area contributed by atoms with E-state index in [-0.39, 0.29) is 6.61 Å². The van der Waals surface area contributed by atoms with E-state index in [1.807, 2.05) is 0 Å². The number of ether oxygens (including phenoxy) is 2. The molecule has 5 nitrogen and oxygen atoms in total. The van der Waals surface area contributed by atoms with Crippen LogP contribution in [-0.2, 0) is 19.1 Å². The van der Waals surface area contributed by atoms with Crippen LogP contribution >= 0.6 is 0 Å². The van der Waals surface area contributed by atoms with Crippen LogP contribution in [-0.4, -0.2) is 31.4 Å². The van der Waals surface area contributed by atoms with Gasteiger partial charge in [-0.25, -0.2) is 9.59 Å². The number of esters is 2. The monoisotopic (exact) mass is 274 g/mol. The molecule has 0 aromatic heterocycles. The smallest absolute Gasteiger partial charge is 0.379 e. The summed E-state index contributed by atoms with van der Waals surface area (Å²) >= 11 is 0. The zero-order valence-corrected chi connectivity index (χ0v) is 11.0. The van der Waals surface area contributed by atoms with Gasteiger partial charge in [0, 0.05) is 0 Å². The van der Waals surface area contributed by atoms with Crippen LogP contribution < -0.4 is 0 Å². The molecule has 0 atom stereocenters. The van der Waals surface area contributed by atoms with Crippen molar-refractivity contribution in [2.75, 3.05) is 13.7 Å². The predicted octanol–water partition coefficient (Wildman–Crippen LogP) is 1.78. The lowest BCUT2D eigenvalue weighted by Gasteiger charge is -1.99. The summed E-state index contributed by atoms with van der Waals surface area (Å²) in [5.41, 5.74) is 1.07. The van der Waals surface area contributed by atoms with Crippen molar-refractivity contribution in [2.45, 2.75) is 0 Å². The molecule has 0 saturated heterocycles. The van der Waals surface area contributed by atoms with Gasteiger partial charge >= 0.3 is 11.9 Å². The Bertz CT molecular complexity index is 540. The van der Waals surface area contributed by atoms with Crippen molar-refractivity contribution in [1.82, 2.24) is 0 Å². The van der Waals surface area contributed by atoms with Crippen LogP contribution in [0.3, 0.4) is 0 Å². The normalized spacial score (nSPS) is 10.1. The zero-order chi connectivity index (χ0) is 15.0. The van der Waals surface area contributed by atoms with Crippen LogP contribution in [0.15, 0.2) is 43.0 Å². The fourth-order valence-corrected chi connectivity index (χ4v) is 1.29. The molecule has 20 heavy (non-hydrogen) atoms. The summed E-state index contributed by atoms with van der Waals surface area (Å²) in [7, 11) is 1.30. The molecule has 0 spiro atoms. The molecule has 0 saturated carbocycles. The van der Waals surface area contributed by atoms with Gasteiger partial charge in [-0.2, -0.15) is 0 Å². The summed E-state index contributed by atoms with van der Waals surface area (Å²) in [4.78, 5) is 33.8. The summed E-state index contributed by atoms with van der Waals surface area (Å²) in [6.07, 6.45) is 3.94. The number of hydrogen-bond donors (Lipinski definition) is 0. The highest BCUT2D eigenvalue weighted by Gasteiger charge is 2.10. The maximum atomic E-state index is 11.4. The van der Waals surface area contributed by atoms with Crippen LogP contribution in [0.2, 0.25) is 0 Å². The molecule has 0 heterocycles. The Morgan fingerprint density at radius 1 is 1.20 bits per heavy atom. The highest BCUT2D eigenvalue weighted by molar-refractivity contribution is 6.39. The number of carbonyl (C=O) groups excluding carboxylic acids is 3. The number of benzene rings is 1. The van der Waals surface area contributed by atoms with Crippen molar-refractivity contribution in [3.63, 3.8) is 0 Å². The highest BCUT2D eigenvalue weighted by Crippen LogP contribution is 2.07. The van der Waals surface area contributed by atoms with Gasteiger partial charge in [0.15, 0.2) is 0 Å². The van der Waals surface area contributed by atoms with Crippen LogP contribution in [0.25, 0.3) is 6.08 Å². The van der Waals surface area contributed by atoms with Crippen molar-refractivity contribution < 1.29 is 23.9 Å². The average molecular weight is 274 g/mol. The van der Waals surface area contributed by atoms with E-state index < -0.39 is 17.7 Å². The molecule has 1 aromatic rings. The Kier molecular flexibility index (Phi) is 5.90. The van der Waals surface area contributed by atoms with E-state index in [9.17, 15) is 14.4 Å². The van der Waals surface area contributed by atoms with Crippen molar-refractivity contribution in [3.8, 4) is 0 Å². The van der Waals surface area contributed by atoms with E-state index in [1.165, 1.54) is 19.3 Å². The lowest BCUT2D eigenvalue weighted by Crippen LogP contribution is -2.14. The molecule has 0 N–H and O–H groups in total. The van der Waals surface area contributed by atoms with E-state index in [2.05, 4.69) is 16.1 Å². The first-order valence-electron chi connectivity index (χ1n) is 5.77. The number of ketones is 1. The quantitative estimate of drug-likeness (QED) is 0.342. The second-order valence-corrected chi connectivity index (χ2v) is 3.70. The van der Waals surface area contributed by atoms with E-state index in [4.69, 9.17) is 0 Å². The second-order valence-electron chi connectivity index (χ2n) is 3.70. The lowest BCUT2D eigenvalue weighted by molar-refractivity contribution is -0.150. The van der Waals surface area contributed by atoms with E-state index in [0.717, 1.165) is 6.08 Å². The molecule has 0 radical (unpaired) electrons. The fraction of sp³-hybridized carbons (Fsp3) is 0.133. The molecule has 5 heteroatoms. The SMILES string of the molecule is C=CCOC(=O)C(=O)/C=C/c1ccc(C(=O)OC)cc1. The molecule has 0 aliphatic rings. The van der Waals surface area contributed by atoms with Gasteiger partial charge in [-0.1, -0.05) is 30.9 Å². The third-order valence-electron chi connectivity index (χ3n) is 2.29. The van der Waals surface area contributed by atoms with Gasteiger partial charge in [0.2, 0.25) is 0 Å². The first kappa shape index (κ1) is 15.4. The summed E-state index contributed by atoms with van der Waals surface area (Å²) in [5, 5.41) is 0. The van der Waals surface area contributed by atoms with Crippen molar-refractivity contribution in [2.24, 2.45) is 0 Å². The third kappa shape index (κ3) is 4.53. The lowest BCUT2D eigenvalue weighted by atomic mass is 10.1. The summed E-state index contributed by atoms with van der Waals surface area (Å²) < 4.78 is 9.15. The molecule has 0 amide bonds. The first-order valence-corrected chi connectivity index (χ1v) is 5.77. The van der Waals surface area contributed by atoms with Crippen LogP contribution in [0.5, 0.6) is 0 Å². The standard InChI is InChI=1S/C15H14O5/c1-3-10-20-15(18)13(16)9-6-11-4-7-12(8-5-11)14(17)19-2/h3-9H,1,10H2,2H3/b9-6+. The first-order chi connectivity index (χ1) is 9.58. The predicted molar refractivity (Wildman–Crippen MR) is 73.0 cm³/mol. The Morgan fingerprint density at radius 3 is 2.40 bits per heavy atom. The molecule has 1 rings (SSSR count). The highest BCUT2D eigenvalue weighted by atomic mass is 16.5. The Balaban J connectivity index is 2.66. The molecule has 1 aromatic carbocycles. The molecule has 0 bridgehead atoms. The molecular formula is C15H14O5. The number of carbonyl (C=O) groups is 3. The minimum absolute atomic E-state index is 0.00770. The van der Waals surface area contributed by atoms with Gasteiger partial charge in [-0.15, -0.1) is 0 Å². The molecule has 0 fully saturated rings. The van der Waals surface area contributed by atoms with Crippen molar-refractivity contribution >= 4 is 23.8 Å². The summed E-state index contributed by atoms with van der Waals surface area (Å²) in [6.45, 7) is 3.36. The summed E-state index contributed by atoms with van der Waals surface area (Å²) in [5.74, 6) is -2.14. The van der Waals surface area contributed by atoms with Gasteiger partial charge in [0.25, 0.3) is 5.78 Å². The summed E-state index contributed by atoms with van der Waals surface area (Å²) in [6, 6.07) is 6.38. The maximum Gasteiger partial charge on any atom is 0.379 e. The fourth-order valence-electron chi connectivity index (χ4n) is 1.29. The van der Waals surface area contributed by atoms with Gasteiger partial charge in [-0.3, -0.25) is 4.79 Å². The number of hydrogen-bond acceptors (Lipinski definition) is 5. The second kappa shape index (κ2) is 7.68. The Hall–Kier alpha value is -2.69. The van der Waals surface area contributed by atoms with Crippen LogP contribution in [0.1, 0.15) is 15.9 Å². The molecular weight excluding hydrogens is 260 g/mol. The minimum Gasteiger partial charge on any atom is -0.465 e. The largest absolute Gasteiger partial charge is 0.465 e. The average Bonchev–Trinajstić information content (AvgIpc) is 2.49. The Labute approximate surface area is 116 Å². The van der Waals surface area contributed by atoms with Crippen molar-refractivity contribution in [1.29, 1.82) is 0 Å². The van der Waals surface area contributed by atoms with Crippen LogP contribution in [0.4, 0.5) is 0 Å². The minimum atomic E-state index is -0.938. The number of methoxy groups -OCH3 is 1. The third-order valence-corrected chi connectivity index (χ3v) is 2.29.